The fraction of sp³-hybridized carbons (Fsp3) is 0.333. The van der Waals surface area contributed by atoms with Gasteiger partial charge in [0.05, 0.1) is 12.7 Å². The number of carbonyl (C=O) groups excluding carboxylic acids is 2. The standard InChI is InChI=1S/C21H26N2O3/c1-13(2)12-22-20(24)16-7-8-18(15(4)11-16)23-21(25)17-10-14(3)6-9-19(17)26-5/h6-11,13H,12H2,1-5H3,(H,22,24)(H,23,25). The van der Waals surface area contributed by atoms with E-state index in [4.69, 9.17) is 4.74 Å². The molecule has 5 heteroatoms. The summed E-state index contributed by atoms with van der Waals surface area (Å²) in [6, 6.07) is 10.7. The second-order valence-electron chi connectivity index (χ2n) is 6.79. The summed E-state index contributed by atoms with van der Waals surface area (Å²) in [5, 5.41) is 5.78. The average molecular weight is 354 g/mol. The van der Waals surface area contributed by atoms with Crippen molar-refractivity contribution in [2.75, 3.05) is 19.0 Å². The summed E-state index contributed by atoms with van der Waals surface area (Å²) in [5.41, 5.74) is 3.52. The fourth-order valence-electron chi connectivity index (χ4n) is 2.53. The summed E-state index contributed by atoms with van der Waals surface area (Å²) < 4.78 is 5.27. The maximum atomic E-state index is 12.6. The summed E-state index contributed by atoms with van der Waals surface area (Å²) in [4.78, 5) is 24.8. The van der Waals surface area contributed by atoms with Gasteiger partial charge in [0.25, 0.3) is 11.8 Å². The third-order valence-corrected chi connectivity index (χ3v) is 4.01. The molecular formula is C21H26N2O3. The number of hydrogen-bond acceptors (Lipinski definition) is 3. The molecule has 0 heterocycles. The number of nitrogens with one attached hydrogen (secondary N) is 2. The molecule has 26 heavy (non-hydrogen) atoms. The lowest BCUT2D eigenvalue weighted by atomic mass is 10.1. The molecule has 2 aromatic carbocycles. The second-order valence-corrected chi connectivity index (χ2v) is 6.79. The van der Waals surface area contributed by atoms with Gasteiger partial charge in [-0.25, -0.2) is 0 Å². The first kappa shape index (κ1) is 19.5. The van der Waals surface area contributed by atoms with Gasteiger partial charge in [0.2, 0.25) is 0 Å². The van der Waals surface area contributed by atoms with Gasteiger partial charge in [0.1, 0.15) is 5.75 Å². The Morgan fingerprint density at radius 3 is 2.38 bits per heavy atom. The van der Waals surface area contributed by atoms with Crippen molar-refractivity contribution >= 4 is 17.5 Å². The Labute approximate surface area is 154 Å². The highest BCUT2D eigenvalue weighted by atomic mass is 16.5. The first-order chi connectivity index (χ1) is 12.3. The Morgan fingerprint density at radius 2 is 1.77 bits per heavy atom. The molecule has 0 saturated carbocycles. The van der Waals surface area contributed by atoms with Crippen molar-refractivity contribution in [3.05, 3.63) is 58.7 Å². The van der Waals surface area contributed by atoms with Gasteiger partial charge in [-0.15, -0.1) is 0 Å². The third-order valence-electron chi connectivity index (χ3n) is 4.01. The van der Waals surface area contributed by atoms with Gasteiger partial charge >= 0.3 is 0 Å². The third kappa shape index (κ3) is 4.85. The zero-order chi connectivity index (χ0) is 19.3. The minimum absolute atomic E-state index is 0.111. The molecule has 0 atom stereocenters. The van der Waals surface area contributed by atoms with Crippen LogP contribution in [0.15, 0.2) is 36.4 Å². The first-order valence-corrected chi connectivity index (χ1v) is 8.66. The van der Waals surface area contributed by atoms with Crippen molar-refractivity contribution < 1.29 is 14.3 Å². The zero-order valence-electron chi connectivity index (χ0n) is 16.0. The molecule has 0 aliphatic heterocycles. The number of rotatable bonds is 6. The maximum absolute atomic E-state index is 12.6. The van der Waals surface area contributed by atoms with E-state index >= 15 is 0 Å². The van der Waals surface area contributed by atoms with E-state index in [0.29, 0.717) is 35.0 Å². The van der Waals surface area contributed by atoms with Crippen LogP contribution in [0.3, 0.4) is 0 Å². The van der Waals surface area contributed by atoms with E-state index < -0.39 is 0 Å². The van der Waals surface area contributed by atoms with Crippen molar-refractivity contribution in [3.63, 3.8) is 0 Å². The van der Waals surface area contributed by atoms with E-state index in [0.717, 1.165) is 11.1 Å². The number of amides is 2. The molecule has 138 valence electrons. The van der Waals surface area contributed by atoms with E-state index in [9.17, 15) is 9.59 Å². The summed E-state index contributed by atoms with van der Waals surface area (Å²) in [5.74, 6) is 0.559. The van der Waals surface area contributed by atoms with Gasteiger partial charge in [-0.05, 0) is 55.7 Å². The van der Waals surface area contributed by atoms with Gasteiger partial charge in [0.15, 0.2) is 0 Å². The maximum Gasteiger partial charge on any atom is 0.259 e. The molecule has 5 nitrogen and oxygen atoms in total. The molecule has 2 rings (SSSR count). The lowest BCUT2D eigenvalue weighted by molar-refractivity contribution is 0.0948. The Hall–Kier alpha value is -2.82. The molecule has 0 spiro atoms. The normalized spacial score (nSPS) is 10.5. The summed E-state index contributed by atoms with van der Waals surface area (Å²) in [6.07, 6.45) is 0. The lowest BCUT2D eigenvalue weighted by Gasteiger charge is -2.13. The molecule has 2 N–H and O–H groups in total. The van der Waals surface area contributed by atoms with Crippen LogP contribution in [0.25, 0.3) is 0 Å². The van der Waals surface area contributed by atoms with Gasteiger partial charge in [-0.1, -0.05) is 25.5 Å². The average Bonchev–Trinajstić information content (AvgIpc) is 2.61. The SMILES string of the molecule is COc1ccc(C)cc1C(=O)Nc1ccc(C(=O)NCC(C)C)cc1C. The van der Waals surface area contributed by atoms with Gasteiger partial charge < -0.3 is 15.4 Å². The Balaban J connectivity index is 2.16. The van der Waals surface area contributed by atoms with Crippen LogP contribution in [0.5, 0.6) is 5.75 Å². The molecule has 0 aliphatic rings. The number of aryl methyl sites for hydroxylation is 2. The van der Waals surface area contributed by atoms with E-state index in [2.05, 4.69) is 10.6 Å². The molecule has 0 radical (unpaired) electrons. The van der Waals surface area contributed by atoms with Gasteiger partial charge in [0, 0.05) is 17.8 Å². The molecule has 0 unspecified atom stereocenters. The quantitative estimate of drug-likeness (QED) is 0.825. The van der Waals surface area contributed by atoms with Crippen molar-refractivity contribution in [2.45, 2.75) is 27.7 Å². The van der Waals surface area contributed by atoms with Crippen LogP contribution in [0.1, 0.15) is 45.7 Å². The predicted octanol–water partition coefficient (Wildman–Crippen LogP) is 3.95. The number of methoxy groups -OCH3 is 1. The second kappa shape index (κ2) is 8.52. The van der Waals surface area contributed by atoms with Crippen molar-refractivity contribution in [3.8, 4) is 5.75 Å². The van der Waals surface area contributed by atoms with E-state index in [1.165, 1.54) is 7.11 Å². The molecule has 0 bridgehead atoms. The number of anilines is 1. The molecule has 0 aromatic heterocycles. The highest BCUT2D eigenvalue weighted by molar-refractivity contribution is 6.07. The fourth-order valence-corrected chi connectivity index (χ4v) is 2.53. The molecule has 0 aliphatic carbocycles. The zero-order valence-corrected chi connectivity index (χ0v) is 16.0. The largest absolute Gasteiger partial charge is 0.496 e. The van der Waals surface area contributed by atoms with Crippen LogP contribution >= 0.6 is 0 Å². The van der Waals surface area contributed by atoms with Crippen LogP contribution in [0.2, 0.25) is 0 Å². The summed E-state index contributed by atoms with van der Waals surface area (Å²) >= 11 is 0. The number of benzene rings is 2. The minimum Gasteiger partial charge on any atom is -0.496 e. The van der Waals surface area contributed by atoms with Crippen LogP contribution in [0, 0.1) is 19.8 Å². The molecule has 2 amide bonds. The van der Waals surface area contributed by atoms with Crippen LogP contribution in [0.4, 0.5) is 5.69 Å². The van der Waals surface area contributed by atoms with E-state index in [-0.39, 0.29) is 11.8 Å². The number of hydrogen-bond donors (Lipinski definition) is 2. The predicted molar refractivity (Wildman–Crippen MR) is 104 cm³/mol. The Bertz CT molecular complexity index is 813. The Kier molecular flexibility index (Phi) is 6.39. The minimum atomic E-state index is -0.245. The van der Waals surface area contributed by atoms with Crippen LogP contribution in [-0.4, -0.2) is 25.5 Å². The van der Waals surface area contributed by atoms with Gasteiger partial charge in [-0.3, -0.25) is 9.59 Å². The number of carbonyl (C=O) groups is 2. The summed E-state index contributed by atoms with van der Waals surface area (Å²) in [7, 11) is 1.54. The Morgan fingerprint density at radius 1 is 1.04 bits per heavy atom. The van der Waals surface area contributed by atoms with Crippen molar-refractivity contribution in [1.29, 1.82) is 0 Å². The van der Waals surface area contributed by atoms with Crippen LogP contribution in [-0.2, 0) is 0 Å². The van der Waals surface area contributed by atoms with E-state index in [1.807, 2.05) is 33.8 Å². The number of ether oxygens (including phenoxy) is 1. The molecule has 0 fully saturated rings. The van der Waals surface area contributed by atoms with E-state index in [1.54, 1.807) is 30.3 Å². The van der Waals surface area contributed by atoms with Gasteiger partial charge in [-0.2, -0.15) is 0 Å². The molecule has 0 saturated heterocycles. The van der Waals surface area contributed by atoms with Crippen LogP contribution < -0.4 is 15.4 Å². The first-order valence-electron chi connectivity index (χ1n) is 8.66. The van der Waals surface area contributed by atoms with Crippen molar-refractivity contribution in [2.24, 2.45) is 5.92 Å². The van der Waals surface area contributed by atoms with Crippen molar-refractivity contribution in [1.82, 2.24) is 5.32 Å². The highest BCUT2D eigenvalue weighted by Gasteiger charge is 2.15. The monoisotopic (exact) mass is 354 g/mol. The topological polar surface area (TPSA) is 67.4 Å². The molecule has 2 aromatic rings. The summed E-state index contributed by atoms with van der Waals surface area (Å²) in [6.45, 7) is 8.51. The highest BCUT2D eigenvalue weighted by Crippen LogP contribution is 2.23. The smallest absolute Gasteiger partial charge is 0.259 e. The molecular weight excluding hydrogens is 328 g/mol. The lowest BCUT2D eigenvalue weighted by Crippen LogP contribution is -2.27.